The maximum atomic E-state index is 12.8. The van der Waals surface area contributed by atoms with Gasteiger partial charge in [0.1, 0.15) is 5.75 Å². The van der Waals surface area contributed by atoms with Gasteiger partial charge in [-0.25, -0.2) is 0 Å². The monoisotopic (exact) mass is 401 g/mol. The van der Waals surface area contributed by atoms with Gasteiger partial charge >= 0.3 is 0 Å². The molecule has 3 rings (SSSR count). The lowest BCUT2D eigenvalue weighted by Crippen LogP contribution is -2.55. The molecule has 3 amide bonds. The van der Waals surface area contributed by atoms with Crippen molar-refractivity contribution in [2.45, 2.75) is 57.5 Å². The van der Waals surface area contributed by atoms with Crippen LogP contribution in [0.15, 0.2) is 24.3 Å². The van der Waals surface area contributed by atoms with Crippen LogP contribution < -0.4 is 15.4 Å². The molecule has 1 aliphatic heterocycles. The molecule has 1 aliphatic carbocycles. The standard InChI is InChI=1S/C22H31N3O4/c1-15(26)25-13-5-6-17(14-25)22(28)24-20-8-4-3-7-19(20)23-21(27)16-9-11-18(29-2)12-10-16/h9-12,17,19-20H,3-8,13-14H2,1-2H3,(H,23,27)(H,24,28)/t17-,19+,20+/m0/s1. The summed E-state index contributed by atoms with van der Waals surface area (Å²) in [7, 11) is 1.59. The lowest BCUT2D eigenvalue weighted by atomic mass is 9.88. The summed E-state index contributed by atoms with van der Waals surface area (Å²) in [5, 5.41) is 6.26. The average molecular weight is 402 g/mol. The van der Waals surface area contributed by atoms with Crippen LogP contribution in [0.25, 0.3) is 0 Å². The van der Waals surface area contributed by atoms with E-state index in [1.54, 1.807) is 43.2 Å². The molecule has 0 spiro atoms. The molecule has 1 aromatic carbocycles. The first-order valence-electron chi connectivity index (χ1n) is 10.5. The lowest BCUT2D eigenvalue weighted by Gasteiger charge is -2.36. The van der Waals surface area contributed by atoms with Gasteiger partial charge in [0, 0.05) is 37.7 Å². The van der Waals surface area contributed by atoms with Crippen LogP contribution in [0.5, 0.6) is 5.75 Å². The molecular formula is C22H31N3O4. The van der Waals surface area contributed by atoms with E-state index in [0.29, 0.717) is 17.9 Å². The number of benzene rings is 1. The van der Waals surface area contributed by atoms with E-state index in [9.17, 15) is 14.4 Å². The van der Waals surface area contributed by atoms with Crippen molar-refractivity contribution in [3.05, 3.63) is 29.8 Å². The zero-order valence-corrected chi connectivity index (χ0v) is 17.3. The van der Waals surface area contributed by atoms with Gasteiger partial charge < -0.3 is 20.3 Å². The second-order valence-electron chi connectivity index (χ2n) is 8.01. The van der Waals surface area contributed by atoms with Crippen molar-refractivity contribution in [3.8, 4) is 5.75 Å². The zero-order valence-electron chi connectivity index (χ0n) is 17.3. The van der Waals surface area contributed by atoms with Crippen LogP contribution in [0.4, 0.5) is 0 Å². The van der Waals surface area contributed by atoms with Crippen LogP contribution in [0.1, 0.15) is 55.8 Å². The highest BCUT2D eigenvalue weighted by Crippen LogP contribution is 2.22. The Hall–Kier alpha value is -2.57. The number of piperidine rings is 1. The van der Waals surface area contributed by atoms with E-state index in [4.69, 9.17) is 4.74 Å². The van der Waals surface area contributed by atoms with E-state index in [0.717, 1.165) is 45.1 Å². The number of carbonyl (C=O) groups is 3. The van der Waals surface area contributed by atoms with Gasteiger partial charge in [-0.15, -0.1) is 0 Å². The van der Waals surface area contributed by atoms with Crippen LogP contribution >= 0.6 is 0 Å². The molecule has 2 fully saturated rings. The van der Waals surface area contributed by atoms with Gasteiger partial charge in [0.05, 0.1) is 13.0 Å². The van der Waals surface area contributed by atoms with E-state index in [2.05, 4.69) is 10.6 Å². The summed E-state index contributed by atoms with van der Waals surface area (Å²) >= 11 is 0. The predicted octanol–water partition coefficient (Wildman–Crippen LogP) is 2.11. The number of amides is 3. The van der Waals surface area contributed by atoms with Gasteiger partial charge in [0.2, 0.25) is 11.8 Å². The first-order valence-corrected chi connectivity index (χ1v) is 10.5. The van der Waals surface area contributed by atoms with Crippen molar-refractivity contribution in [3.63, 3.8) is 0 Å². The van der Waals surface area contributed by atoms with Gasteiger partial charge in [-0.05, 0) is 49.9 Å². The Bertz CT molecular complexity index is 734. The third-order valence-electron chi connectivity index (χ3n) is 6.00. The highest BCUT2D eigenvalue weighted by atomic mass is 16.5. The van der Waals surface area contributed by atoms with Gasteiger partial charge in [-0.3, -0.25) is 14.4 Å². The first kappa shape index (κ1) is 21.1. The van der Waals surface area contributed by atoms with Crippen LogP contribution in [-0.4, -0.2) is 54.9 Å². The van der Waals surface area contributed by atoms with E-state index < -0.39 is 0 Å². The summed E-state index contributed by atoms with van der Waals surface area (Å²) in [5.41, 5.74) is 0.575. The minimum Gasteiger partial charge on any atom is -0.497 e. The van der Waals surface area contributed by atoms with E-state index in [1.807, 2.05) is 0 Å². The molecule has 3 atom stereocenters. The number of hydrogen-bond donors (Lipinski definition) is 2. The molecule has 7 heteroatoms. The Morgan fingerprint density at radius 3 is 2.24 bits per heavy atom. The number of hydrogen-bond acceptors (Lipinski definition) is 4. The summed E-state index contributed by atoms with van der Waals surface area (Å²) in [4.78, 5) is 38.9. The first-order chi connectivity index (χ1) is 14.0. The summed E-state index contributed by atoms with van der Waals surface area (Å²) in [6, 6.07) is 6.84. The predicted molar refractivity (Wildman–Crippen MR) is 110 cm³/mol. The Balaban J connectivity index is 1.59. The Kier molecular flexibility index (Phi) is 7.12. The lowest BCUT2D eigenvalue weighted by molar-refractivity contribution is -0.134. The molecule has 1 saturated heterocycles. The highest BCUT2D eigenvalue weighted by Gasteiger charge is 2.32. The molecule has 0 bridgehead atoms. The molecule has 1 aromatic rings. The molecule has 158 valence electrons. The summed E-state index contributed by atoms with van der Waals surface area (Å²) in [6.07, 6.45) is 5.40. The number of likely N-dealkylation sites (tertiary alicyclic amines) is 1. The molecule has 7 nitrogen and oxygen atoms in total. The maximum Gasteiger partial charge on any atom is 0.251 e. The molecule has 0 unspecified atom stereocenters. The van der Waals surface area contributed by atoms with Gasteiger partial charge in [0.15, 0.2) is 0 Å². The number of nitrogens with one attached hydrogen (secondary N) is 2. The number of methoxy groups -OCH3 is 1. The SMILES string of the molecule is COc1ccc(C(=O)N[C@@H]2CCCC[C@H]2NC(=O)[C@H]2CCCN(C(C)=O)C2)cc1. The van der Waals surface area contributed by atoms with Gasteiger partial charge in [-0.2, -0.15) is 0 Å². The van der Waals surface area contributed by atoms with Crippen LogP contribution in [0.2, 0.25) is 0 Å². The average Bonchev–Trinajstić information content (AvgIpc) is 2.75. The van der Waals surface area contributed by atoms with E-state index in [-0.39, 0.29) is 35.7 Å². The molecule has 0 aromatic heterocycles. The van der Waals surface area contributed by atoms with Gasteiger partial charge in [0.25, 0.3) is 5.91 Å². The summed E-state index contributed by atoms with van der Waals surface area (Å²) in [5.74, 6) is 0.402. The van der Waals surface area contributed by atoms with Gasteiger partial charge in [-0.1, -0.05) is 12.8 Å². The van der Waals surface area contributed by atoms with Crippen molar-refractivity contribution in [1.82, 2.24) is 15.5 Å². The van der Waals surface area contributed by atoms with E-state index >= 15 is 0 Å². The minimum atomic E-state index is -0.174. The van der Waals surface area contributed by atoms with Crippen molar-refractivity contribution in [2.24, 2.45) is 5.92 Å². The number of rotatable bonds is 5. The number of ether oxygens (including phenoxy) is 1. The summed E-state index contributed by atoms with van der Waals surface area (Å²) in [6.45, 7) is 2.76. The van der Waals surface area contributed by atoms with Crippen molar-refractivity contribution in [1.29, 1.82) is 0 Å². The Morgan fingerprint density at radius 2 is 1.62 bits per heavy atom. The fraction of sp³-hybridized carbons (Fsp3) is 0.591. The maximum absolute atomic E-state index is 12.8. The quantitative estimate of drug-likeness (QED) is 0.791. The fourth-order valence-electron chi connectivity index (χ4n) is 4.25. The van der Waals surface area contributed by atoms with Crippen molar-refractivity contribution < 1.29 is 19.1 Å². The molecule has 0 radical (unpaired) electrons. The summed E-state index contributed by atoms with van der Waals surface area (Å²) < 4.78 is 5.14. The zero-order chi connectivity index (χ0) is 20.8. The number of carbonyl (C=O) groups excluding carboxylic acids is 3. The van der Waals surface area contributed by atoms with Crippen LogP contribution in [0, 0.1) is 5.92 Å². The second kappa shape index (κ2) is 9.76. The normalized spacial score (nSPS) is 24.5. The van der Waals surface area contributed by atoms with Crippen LogP contribution in [0.3, 0.4) is 0 Å². The molecule has 1 saturated carbocycles. The molecule has 29 heavy (non-hydrogen) atoms. The smallest absolute Gasteiger partial charge is 0.251 e. The van der Waals surface area contributed by atoms with Crippen molar-refractivity contribution in [2.75, 3.05) is 20.2 Å². The van der Waals surface area contributed by atoms with Crippen LogP contribution in [-0.2, 0) is 9.59 Å². The minimum absolute atomic E-state index is 0.00783. The third kappa shape index (κ3) is 5.49. The third-order valence-corrected chi connectivity index (χ3v) is 6.00. The van der Waals surface area contributed by atoms with Crippen molar-refractivity contribution >= 4 is 17.7 Å². The molecule has 2 N–H and O–H groups in total. The van der Waals surface area contributed by atoms with E-state index in [1.165, 1.54) is 0 Å². The second-order valence-corrected chi connectivity index (χ2v) is 8.01. The fourth-order valence-corrected chi connectivity index (χ4v) is 4.25. The molecule has 2 aliphatic rings. The topological polar surface area (TPSA) is 87.7 Å². The molecule has 1 heterocycles. The highest BCUT2D eigenvalue weighted by molar-refractivity contribution is 5.94. The Labute approximate surface area is 172 Å². The largest absolute Gasteiger partial charge is 0.497 e. The number of nitrogens with zero attached hydrogens (tertiary/aromatic N) is 1. The Morgan fingerprint density at radius 1 is 0.966 bits per heavy atom. The molecular weight excluding hydrogens is 370 g/mol.